The van der Waals surface area contributed by atoms with Crippen molar-refractivity contribution in [3.8, 4) is 0 Å². The fourth-order valence-corrected chi connectivity index (χ4v) is 3.02. The Hall–Kier alpha value is -1.52. The van der Waals surface area contributed by atoms with Gasteiger partial charge in [-0.05, 0) is 39.7 Å². The monoisotopic (exact) mass is 294 g/mol. The van der Waals surface area contributed by atoms with E-state index in [0.29, 0.717) is 0 Å². The first-order valence-electron chi connectivity index (χ1n) is 7.47. The number of carbonyl (C=O) groups excluding carboxylic acids is 2. The van der Waals surface area contributed by atoms with Crippen LogP contribution in [0.25, 0.3) is 0 Å². The minimum Gasteiger partial charge on any atom is -0.444 e. The van der Waals surface area contributed by atoms with Crippen molar-refractivity contribution in [3.63, 3.8) is 0 Å². The van der Waals surface area contributed by atoms with Crippen LogP contribution in [0.1, 0.15) is 33.6 Å². The summed E-state index contributed by atoms with van der Waals surface area (Å²) in [5.74, 6) is 0.326. The number of ether oxygens (including phenoxy) is 1. The van der Waals surface area contributed by atoms with Gasteiger partial charge < -0.3 is 14.5 Å². The molecule has 2 fully saturated rings. The molecule has 0 atom stereocenters. The van der Waals surface area contributed by atoms with Crippen molar-refractivity contribution in [2.24, 2.45) is 11.3 Å². The molecule has 0 aromatic heterocycles. The van der Waals surface area contributed by atoms with Gasteiger partial charge in [-0.15, -0.1) is 0 Å². The van der Waals surface area contributed by atoms with Gasteiger partial charge in [0.15, 0.2) is 5.78 Å². The zero-order valence-corrected chi connectivity index (χ0v) is 13.7. The summed E-state index contributed by atoms with van der Waals surface area (Å²) in [6.45, 7) is 7.06. The summed E-state index contributed by atoms with van der Waals surface area (Å²) in [5, 5.41) is 0. The molecule has 1 saturated carbocycles. The van der Waals surface area contributed by atoms with Crippen LogP contribution in [0.2, 0.25) is 0 Å². The Balaban J connectivity index is 1.74. The second-order valence-electron chi connectivity index (χ2n) is 7.62. The molecule has 1 spiro atoms. The summed E-state index contributed by atoms with van der Waals surface area (Å²) in [4.78, 5) is 27.4. The van der Waals surface area contributed by atoms with Crippen molar-refractivity contribution >= 4 is 11.9 Å². The van der Waals surface area contributed by atoms with Crippen LogP contribution >= 0.6 is 0 Å². The van der Waals surface area contributed by atoms with E-state index >= 15 is 0 Å². The van der Waals surface area contributed by atoms with E-state index in [4.69, 9.17) is 4.74 Å². The molecule has 1 heterocycles. The SMILES string of the molecule is CN(C)C=CC(=O)C1CC2(C1)CN(C(=O)OC(C)(C)C)C2. The second kappa shape index (κ2) is 5.35. The summed E-state index contributed by atoms with van der Waals surface area (Å²) >= 11 is 0. The maximum atomic E-state index is 11.9. The van der Waals surface area contributed by atoms with E-state index in [9.17, 15) is 9.59 Å². The molecule has 2 rings (SSSR count). The van der Waals surface area contributed by atoms with Crippen molar-refractivity contribution in [3.05, 3.63) is 12.3 Å². The molecule has 21 heavy (non-hydrogen) atoms. The van der Waals surface area contributed by atoms with Gasteiger partial charge in [0, 0.05) is 44.7 Å². The van der Waals surface area contributed by atoms with Gasteiger partial charge in [0.05, 0.1) is 0 Å². The lowest BCUT2D eigenvalue weighted by molar-refractivity contribution is -0.136. The first-order valence-corrected chi connectivity index (χ1v) is 7.47. The van der Waals surface area contributed by atoms with E-state index in [-0.39, 0.29) is 23.2 Å². The number of hydrogen-bond donors (Lipinski definition) is 0. The van der Waals surface area contributed by atoms with Crippen LogP contribution in [0.5, 0.6) is 0 Å². The highest BCUT2D eigenvalue weighted by Gasteiger charge is 2.55. The van der Waals surface area contributed by atoms with Gasteiger partial charge in [0.1, 0.15) is 5.60 Å². The van der Waals surface area contributed by atoms with Crippen molar-refractivity contribution in [2.75, 3.05) is 27.2 Å². The van der Waals surface area contributed by atoms with E-state index in [2.05, 4.69) is 0 Å². The predicted molar refractivity (Wildman–Crippen MR) is 80.8 cm³/mol. The lowest BCUT2D eigenvalue weighted by Gasteiger charge is -2.58. The number of allylic oxidation sites excluding steroid dienone is 1. The van der Waals surface area contributed by atoms with Crippen molar-refractivity contribution in [2.45, 2.75) is 39.2 Å². The molecule has 1 aliphatic carbocycles. The first-order chi connectivity index (χ1) is 9.60. The molecule has 0 N–H and O–H groups in total. The minimum absolute atomic E-state index is 0.127. The van der Waals surface area contributed by atoms with E-state index in [1.54, 1.807) is 17.2 Å². The Kier molecular flexibility index (Phi) is 4.04. The number of rotatable bonds is 3. The lowest BCUT2D eigenvalue weighted by Crippen LogP contribution is -2.65. The van der Waals surface area contributed by atoms with Crippen LogP contribution in [0.3, 0.4) is 0 Å². The quantitative estimate of drug-likeness (QED) is 0.749. The molecule has 2 aliphatic rings. The zero-order chi connectivity index (χ0) is 15.8. The highest BCUT2D eigenvalue weighted by molar-refractivity contribution is 5.92. The molecule has 0 bridgehead atoms. The average molecular weight is 294 g/mol. The fourth-order valence-electron chi connectivity index (χ4n) is 3.02. The van der Waals surface area contributed by atoms with Gasteiger partial charge in [-0.2, -0.15) is 0 Å². The topological polar surface area (TPSA) is 49.9 Å². The highest BCUT2D eigenvalue weighted by Crippen LogP contribution is 2.52. The Labute approximate surface area is 126 Å². The van der Waals surface area contributed by atoms with E-state index in [1.807, 2.05) is 39.8 Å². The molecule has 1 saturated heterocycles. The molecule has 1 amide bonds. The molecule has 0 unspecified atom stereocenters. The van der Waals surface area contributed by atoms with Gasteiger partial charge in [-0.3, -0.25) is 4.79 Å². The molecule has 118 valence electrons. The largest absolute Gasteiger partial charge is 0.444 e. The average Bonchev–Trinajstić information content (AvgIpc) is 2.19. The van der Waals surface area contributed by atoms with E-state index < -0.39 is 5.60 Å². The Morgan fingerprint density at radius 1 is 1.24 bits per heavy atom. The maximum Gasteiger partial charge on any atom is 0.410 e. The number of nitrogens with zero attached hydrogens (tertiary/aromatic N) is 2. The number of amides is 1. The van der Waals surface area contributed by atoms with Gasteiger partial charge in [-0.1, -0.05) is 0 Å². The lowest BCUT2D eigenvalue weighted by atomic mass is 9.57. The summed E-state index contributed by atoms with van der Waals surface area (Å²) in [7, 11) is 3.80. The predicted octanol–water partition coefficient (Wildman–Crippen LogP) is 2.28. The van der Waals surface area contributed by atoms with Crippen molar-refractivity contribution in [1.29, 1.82) is 0 Å². The first kappa shape index (κ1) is 15.9. The Morgan fingerprint density at radius 3 is 2.29 bits per heavy atom. The van der Waals surface area contributed by atoms with E-state index in [1.165, 1.54) is 0 Å². The van der Waals surface area contributed by atoms with Gasteiger partial charge in [0.25, 0.3) is 0 Å². The van der Waals surface area contributed by atoms with Crippen molar-refractivity contribution in [1.82, 2.24) is 9.80 Å². The van der Waals surface area contributed by atoms with Crippen LogP contribution in [0, 0.1) is 11.3 Å². The van der Waals surface area contributed by atoms with Crippen molar-refractivity contribution < 1.29 is 14.3 Å². The van der Waals surface area contributed by atoms with Crippen LogP contribution in [0.15, 0.2) is 12.3 Å². The smallest absolute Gasteiger partial charge is 0.410 e. The molecule has 1 aliphatic heterocycles. The fraction of sp³-hybridized carbons (Fsp3) is 0.750. The van der Waals surface area contributed by atoms with Crippen LogP contribution in [-0.2, 0) is 9.53 Å². The number of likely N-dealkylation sites (tertiary alicyclic amines) is 1. The highest BCUT2D eigenvalue weighted by atomic mass is 16.6. The molecular formula is C16H26N2O3. The maximum absolute atomic E-state index is 11.9. The second-order valence-corrected chi connectivity index (χ2v) is 7.62. The summed E-state index contributed by atoms with van der Waals surface area (Å²) in [5.41, 5.74) is -0.280. The molecule has 0 aromatic carbocycles. The summed E-state index contributed by atoms with van der Waals surface area (Å²) in [6, 6.07) is 0. The number of hydrogen-bond acceptors (Lipinski definition) is 4. The number of carbonyl (C=O) groups is 2. The molecule has 0 radical (unpaired) electrons. The normalized spacial score (nSPS) is 21.1. The molecule has 5 heteroatoms. The summed E-state index contributed by atoms with van der Waals surface area (Å²) < 4.78 is 5.35. The van der Waals surface area contributed by atoms with Gasteiger partial charge >= 0.3 is 6.09 Å². The molecule has 5 nitrogen and oxygen atoms in total. The minimum atomic E-state index is -0.449. The third kappa shape index (κ3) is 3.77. The van der Waals surface area contributed by atoms with E-state index in [0.717, 1.165) is 25.9 Å². The van der Waals surface area contributed by atoms with Crippen LogP contribution in [0.4, 0.5) is 4.79 Å². The third-order valence-electron chi connectivity index (χ3n) is 4.00. The Morgan fingerprint density at radius 2 is 1.81 bits per heavy atom. The zero-order valence-electron chi connectivity index (χ0n) is 13.7. The van der Waals surface area contributed by atoms with Gasteiger partial charge in [-0.25, -0.2) is 4.79 Å². The standard InChI is InChI=1S/C16H26N2O3/c1-15(2,3)21-14(20)18-10-16(11-18)8-12(9-16)13(19)6-7-17(4)5/h6-7,12H,8-11H2,1-5H3. The summed E-state index contributed by atoms with van der Waals surface area (Å²) in [6.07, 6.45) is 4.99. The Bertz CT molecular complexity index is 449. The third-order valence-corrected chi connectivity index (χ3v) is 4.00. The van der Waals surface area contributed by atoms with Crippen LogP contribution in [-0.4, -0.2) is 54.5 Å². The van der Waals surface area contributed by atoms with Gasteiger partial charge in [0.2, 0.25) is 0 Å². The molecular weight excluding hydrogens is 268 g/mol. The molecule has 0 aromatic rings. The van der Waals surface area contributed by atoms with Crippen LogP contribution < -0.4 is 0 Å². The number of ketones is 1.